The molecule has 24 heavy (non-hydrogen) atoms. The van der Waals surface area contributed by atoms with E-state index < -0.39 is 17.4 Å². The van der Waals surface area contributed by atoms with Gasteiger partial charge in [-0.1, -0.05) is 90.9 Å². The Morgan fingerprint density at radius 1 is 0.625 bits per heavy atom. The van der Waals surface area contributed by atoms with Crippen molar-refractivity contribution in [1.29, 1.82) is 0 Å². The Morgan fingerprint density at radius 2 is 0.917 bits per heavy atom. The average Bonchev–Trinajstić information content (AvgIpc) is 2.51. The van der Waals surface area contributed by atoms with E-state index in [0.29, 0.717) is 12.8 Å². The van der Waals surface area contributed by atoms with Gasteiger partial charge in [-0.25, -0.2) is 0 Å². The van der Waals surface area contributed by atoms with Crippen molar-refractivity contribution in [3.05, 3.63) is 0 Å². The Labute approximate surface area is 160 Å². The molecule has 0 bridgehead atoms. The van der Waals surface area contributed by atoms with Crippen LogP contribution >= 0.6 is 0 Å². The SMILES string of the molecule is CCCCCCCCC(CCCCCCCC)(C(=O)O)C(=O)O.[LiH]. The predicted molar refractivity (Wildman–Crippen MR) is 101 cm³/mol. The van der Waals surface area contributed by atoms with Gasteiger partial charge in [-0.2, -0.15) is 0 Å². The molecule has 0 heterocycles. The molecule has 0 amide bonds. The summed E-state index contributed by atoms with van der Waals surface area (Å²) in [4.78, 5) is 23.2. The second-order valence-corrected chi connectivity index (χ2v) is 6.73. The van der Waals surface area contributed by atoms with Crippen LogP contribution in [0.3, 0.4) is 0 Å². The minimum absolute atomic E-state index is 0. The molecule has 138 valence electrons. The molecule has 0 aliphatic rings. The van der Waals surface area contributed by atoms with Crippen molar-refractivity contribution in [2.45, 2.75) is 104 Å². The molecule has 0 aromatic heterocycles. The van der Waals surface area contributed by atoms with Crippen molar-refractivity contribution < 1.29 is 19.8 Å². The first-order valence-electron chi connectivity index (χ1n) is 9.48. The summed E-state index contributed by atoms with van der Waals surface area (Å²) in [6.07, 6.45) is 13.0. The van der Waals surface area contributed by atoms with E-state index in [-0.39, 0.29) is 31.7 Å². The van der Waals surface area contributed by atoms with Crippen LogP contribution in [-0.2, 0) is 9.59 Å². The van der Waals surface area contributed by atoms with E-state index in [1.807, 2.05) is 0 Å². The molecule has 0 aliphatic heterocycles. The summed E-state index contributed by atoms with van der Waals surface area (Å²) in [5.74, 6) is -2.32. The van der Waals surface area contributed by atoms with Crippen LogP contribution < -0.4 is 0 Å². The summed E-state index contributed by atoms with van der Waals surface area (Å²) in [5.41, 5.74) is -1.57. The van der Waals surface area contributed by atoms with Crippen LogP contribution in [0.2, 0.25) is 0 Å². The molecular weight excluding hydrogens is 299 g/mol. The zero-order valence-electron chi connectivity index (χ0n) is 15.1. The molecular formula is C19H37LiO4. The van der Waals surface area contributed by atoms with Crippen LogP contribution in [0.4, 0.5) is 0 Å². The Morgan fingerprint density at radius 3 is 1.21 bits per heavy atom. The molecule has 0 aromatic rings. The van der Waals surface area contributed by atoms with Gasteiger partial charge in [0.05, 0.1) is 0 Å². The summed E-state index contributed by atoms with van der Waals surface area (Å²) in [5, 5.41) is 19.0. The first-order chi connectivity index (χ1) is 11.0. The topological polar surface area (TPSA) is 74.6 Å². The number of unbranched alkanes of at least 4 members (excludes halogenated alkanes) is 10. The van der Waals surface area contributed by atoms with Crippen molar-refractivity contribution in [3.63, 3.8) is 0 Å². The van der Waals surface area contributed by atoms with Crippen LogP contribution in [0.25, 0.3) is 0 Å². The Balaban J connectivity index is 0. The van der Waals surface area contributed by atoms with E-state index in [0.717, 1.165) is 38.5 Å². The van der Waals surface area contributed by atoms with Crippen molar-refractivity contribution in [1.82, 2.24) is 0 Å². The minimum atomic E-state index is -1.57. The molecule has 0 saturated carbocycles. The molecule has 5 heteroatoms. The number of hydrogen-bond acceptors (Lipinski definition) is 2. The van der Waals surface area contributed by atoms with E-state index in [1.165, 1.54) is 25.7 Å². The van der Waals surface area contributed by atoms with Crippen LogP contribution in [-0.4, -0.2) is 41.0 Å². The van der Waals surface area contributed by atoms with Gasteiger partial charge in [0.15, 0.2) is 5.41 Å². The number of rotatable bonds is 16. The summed E-state index contributed by atoms with van der Waals surface area (Å²) in [7, 11) is 0. The van der Waals surface area contributed by atoms with Gasteiger partial charge in [0.1, 0.15) is 0 Å². The molecule has 0 aliphatic carbocycles. The third kappa shape index (κ3) is 10.4. The number of aliphatic carboxylic acids is 2. The van der Waals surface area contributed by atoms with Crippen LogP contribution in [0.5, 0.6) is 0 Å². The van der Waals surface area contributed by atoms with Gasteiger partial charge in [-0.3, -0.25) is 9.59 Å². The van der Waals surface area contributed by atoms with Crippen LogP contribution in [0.1, 0.15) is 104 Å². The Bertz CT molecular complexity index is 299. The normalized spacial score (nSPS) is 11.1. The van der Waals surface area contributed by atoms with Gasteiger partial charge in [0.2, 0.25) is 0 Å². The van der Waals surface area contributed by atoms with Crippen molar-refractivity contribution in [3.8, 4) is 0 Å². The predicted octanol–water partition coefficient (Wildman–Crippen LogP) is 4.99. The van der Waals surface area contributed by atoms with Crippen LogP contribution in [0.15, 0.2) is 0 Å². The number of carbonyl (C=O) groups is 2. The van der Waals surface area contributed by atoms with Gasteiger partial charge in [0, 0.05) is 0 Å². The maximum atomic E-state index is 11.6. The van der Waals surface area contributed by atoms with Gasteiger partial charge in [0.25, 0.3) is 0 Å². The molecule has 0 saturated heterocycles. The zero-order chi connectivity index (χ0) is 17.6. The molecule has 0 unspecified atom stereocenters. The molecule has 0 aromatic carbocycles. The standard InChI is InChI=1S/C19H36O4.Li.H/c1-3-5-7-9-11-13-15-19(17(20)21,18(22)23)16-14-12-10-8-6-4-2;;/h3-16H2,1-2H3,(H,20,21)(H,22,23);;. The monoisotopic (exact) mass is 336 g/mol. The average molecular weight is 336 g/mol. The summed E-state index contributed by atoms with van der Waals surface area (Å²) in [6, 6.07) is 0. The number of hydrogen-bond donors (Lipinski definition) is 2. The van der Waals surface area contributed by atoms with Gasteiger partial charge >= 0.3 is 30.8 Å². The first kappa shape index (κ1) is 25.8. The van der Waals surface area contributed by atoms with Gasteiger partial charge < -0.3 is 10.2 Å². The fourth-order valence-corrected chi connectivity index (χ4v) is 3.06. The molecule has 0 fully saturated rings. The van der Waals surface area contributed by atoms with Crippen molar-refractivity contribution in [2.24, 2.45) is 5.41 Å². The maximum absolute atomic E-state index is 11.6. The number of carboxylic acids is 2. The Kier molecular flexibility index (Phi) is 17.2. The van der Waals surface area contributed by atoms with E-state index in [4.69, 9.17) is 0 Å². The zero-order valence-corrected chi connectivity index (χ0v) is 15.1. The summed E-state index contributed by atoms with van der Waals surface area (Å²) >= 11 is 0. The molecule has 0 radical (unpaired) electrons. The fraction of sp³-hybridized carbons (Fsp3) is 0.895. The van der Waals surface area contributed by atoms with Crippen molar-refractivity contribution in [2.75, 3.05) is 0 Å². The molecule has 4 nitrogen and oxygen atoms in total. The molecule has 0 atom stereocenters. The second-order valence-electron chi connectivity index (χ2n) is 6.73. The van der Waals surface area contributed by atoms with E-state index in [2.05, 4.69) is 13.8 Å². The fourth-order valence-electron chi connectivity index (χ4n) is 3.06. The second kappa shape index (κ2) is 16.0. The molecule has 0 rings (SSSR count). The van der Waals surface area contributed by atoms with E-state index >= 15 is 0 Å². The summed E-state index contributed by atoms with van der Waals surface area (Å²) in [6.45, 7) is 4.31. The third-order valence-corrected chi connectivity index (χ3v) is 4.73. The first-order valence-corrected chi connectivity index (χ1v) is 9.48. The molecule has 2 N–H and O–H groups in total. The summed E-state index contributed by atoms with van der Waals surface area (Å²) < 4.78 is 0. The van der Waals surface area contributed by atoms with E-state index in [9.17, 15) is 19.8 Å². The quantitative estimate of drug-likeness (QED) is 0.236. The van der Waals surface area contributed by atoms with E-state index in [1.54, 1.807) is 0 Å². The third-order valence-electron chi connectivity index (χ3n) is 4.73. The van der Waals surface area contributed by atoms with Crippen LogP contribution in [0, 0.1) is 5.41 Å². The van der Waals surface area contributed by atoms with Gasteiger partial charge in [-0.15, -0.1) is 0 Å². The molecule has 0 spiro atoms. The van der Waals surface area contributed by atoms with Crippen molar-refractivity contribution >= 4 is 30.8 Å². The Hall–Kier alpha value is -0.463. The van der Waals surface area contributed by atoms with Gasteiger partial charge in [-0.05, 0) is 12.8 Å². The number of carboxylic acid groups (broad SMARTS) is 2.